The van der Waals surface area contributed by atoms with Crippen LogP contribution in [0.3, 0.4) is 0 Å². The number of amides is 1. The van der Waals surface area contributed by atoms with Crippen LogP contribution in [0.2, 0.25) is 0 Å². The topological polar surface area (TPSA) is 83.8 Å². The number of piperidine rings is 1. The summed E-state index contributed by atoms with van der Waals surface area (Å²) in [5.74, 6) is 1.30. The Kier molecular flexibility index (Phi) is 9.34. The van der Waals surface area contributed by atoms with E-state index < -0.39 is 5.60 Å². The van der Waals surface area contributed by atoms with E-state index in [4.69, 9.17) is 4.74 Å². The molecule has 27 heavy (non-hydrogen) atoms. The number of rotatable bonds is 4. The van der Waals surface area contributed by atoms with Crippen molar-refractivity contribution >= 4 is 36.0 Å². The summed E-state index contributed by atoms with van der Waals surface area (Å²) in [6.07, 6.45) is 3.50. The van der Waals surface area contributed by atoms with Gasteiger partial charge in [0.15, 0.2) is 5.96 Å². The lowest BCUT2D eigenvalue weighted by Gasteiger charge is -2.33. The molecule has 1 aromatic heterocycles. The summed E-state index contributed by atoms with van der Waals surface area (Å²) in [4.78, 5) is 18.2. The van der Waals surface area contributed by atoms with Crippen LogP contribution >= 0.6 is 24.0 Å². The highest BCUT2D eigenvalue weighted by Crippen LogP contribution is 2.19. The Balaban J connectivity index is 0.00000364. The molecule has 154 valence electrons. The Morgan fingerprint density at radius 3 is 2.52 bits per heavy atom. The first-order chi connectivity index (χ1) is 12.3. The van der Waals surface area contributed by atoms with Crippen LogP contribution < -0.4 is 10.6 Å². The highest BCUT2D eigenvalue weighted by Gasteiger charge is 2.26. The zero-order valence-electron chi connectivity index (χ0n) is 17.0. The van der Waals surface area contributed by atoms with E-state index in [9.17, 15) is 4.79 Å². The van der Waals surface area contributed by atoms with Gasteiger partial charge in [-0.05, 0) is 45.6 Å². The number of aryl methyl sites for hydroxylation is 1. The van der Waals surface area contributed by atoms with Crippen LogP contribution in [-0.4, -0.2) is 59.0 Å². The van der Waals surface area contributed by atoms with Gasteiger partial charge in [-0.3, -0.25) is 9.67 Å². The van der Waals surface area contributed by atoms with Crippen molar-refractivity contribution in [1.29, 1.82) is 0 Å². The molecule has 0 aliphatic carbocycles. The zero-order valence-corrected chi connectivity index (χ0v) is 19.3. The van der Waals surface area contributed by atoms with Crippen molar-refractivity contribution in [2.24, 2.45) is 18.0 Å². The van der Waals surface area contributed by atoms with Crippen molar-refractivity contribution in [3.05, 3.63) is 18.0 Å². The van der Waals surface area contributed by atoms with Crippen molar-refractivity contribution in [3.63, 3.8) is 0 Å². The third-order valence-corrected chi connectivity index (χ3v) is 4.41. The van der Waals surface area contributed by atoms with Crippen LogP contribution in [0.5, 0.6) is 0 Å². The minimum atomic E-state index is -0.443. The summed E-state index contributed by atoms with van der Waals surface area (Å²) >= 11 is 0. The maximum absolute atomic E-state index is 12.1. The Morgan fingerprint density at radius 1 is 1.33 bits per heavy atom. The van der Waals surface area contributed by atoms with Gasteiger partial charge < -0.3 is 20.3 Å². The normalized spacial score (nSPS) is 15.9. The fraction of sp³-hybridized carbons (Fsp3) is 0.722. The van der Waals surface area contributed by atoms with Crippen molar-refractivity contribution in [3.8, 4) is 0 Å². The second kappa shape index (κ2) is 10.7. The lowest BCUT2D eigenvalue weighted by Crippen LogP contribution is -2.45. The van der Waals surface area contributed by atoms with E-state index in [0.29, 0.717) is 12.5 Å². The third-order valence-electron chi connectivity index (χ3n) is 4.41. The standard InChI is InChI=1S/C18H32N6O2.HI/c1-18(2,3)26-17(25)24-10-7-14(8-11-24)12-20-16(19-4)21-13-15-6-9-22-23(15)5;/h6,9,14H,7-8,10-13H2,1-5H3,(H2,19,20,21);1H. The molecule has 2 rings (SSSR count). The lowest BCUT2D eigenvalue weighted by molar-refractivity contribution is 0.0185. The Bertz CT molecular complexity index is 618. The van der Waals surface area contributed by atoms with E-state index in [1.165, 1.54) is 0 Å². The molecule has 0 saturated carbocycles. The van der Waals surface area contributed by atoms with Crippen molar-refractivity contribution < 1.29 is 9.53 Å². The van der Waals surface area contributed by atoms with Crippen molar-refractivity contribution in [2.75, 3.05) is 26.7 Å². The maximum atomic E-state index is 12.1. The lowest BCUT2D eigenvalue weighted by atomic mass is 9.97. The monoisotopic (exact) mass is 492 g/mol. The molecule has 0 aromatic carbocycles. The second-order valence-corrected chi connectivity index (χ2v) is 7.66. The van der Waals surface area contributed by atoms with Gasteiger partial charge in [0, 0.05) is 39.9 Å². The number of nitrogens with zero attached hydrogens (tertiary/aromatic N) is 4. The van der Waals surface area contributed by atoms with E-state index >= 15 is 0 Å². The largest absolute Gasteiger partial charge is 0.444 e. The van der Waals surface area contributed by atoms with Crippen LogP contribution in [-0.2, 0) is 18.3 Å². The highest BCUT2D eigenvalue weighted by molar-refractivity contribution is 14.0. The molecule has 9 heteroatoms. The number of ether oxygens (including phenoxy) is 1. The molecule has 0 unspecified atom stereocenters. The summed E-state index contributed by atoms with van der Waals surface area (Å²) in [6, 6.07) is 1.98. The van der Waals surface area contributed by atoms with E-state index in [2.05, 4.69) is 20.7 Å². The smallest absolute Gasteiger partial charge is 0.410 e. The minimum Gasteiger partial charge on any atom is -0.444 e. The Labute approximate surface area is 179 Å². The van der Waals surface area contributed by atoms with Crippen molar-refractivity contribution in [1.82, 2.24) is 25.3 Å². The molecule has 0 atom stereocenters. The summed E-state index contributed by atoms with van der Waals surface area (Å²) in [7, 11) is 3.69. The molecule has 2 N–H and O–H groups in total. The second-order valence-electron chi connectivity index (χ2n) is 7.66. The number of halogens is 1. The molecular weight excluding hydrogens is 459 g/mol. The van der Waals surface area contributed by atoms with Crippen LogP contribution in [0, 0.1) is 5.92 Å². The van der Waals surface area contributed by atoms with E-state index in [1.807, 2.05) is 38.6 Å². The predicted molar refractivity (Wildman–Crippen MR) is 117 cm³/mol. The van der Waals surface area contributed by atoms with Crippen LogP contribution in [0.25, 0.3) is 0 Å². The van der Waals surface area contributed by atoms with Gasteiger partial charge in [0.05, 0.1) is 12.2 Å². The van der Waals surface area contributed by atoms with E-state index in [0.717, 1.165) is 44.1 Å². The summed E-state index contributed by atoms with van der Waals surface area (Å²) in [5, 5.41) is 10.8. The highest BCUT2D eigenvalue weighted by atomic mass is 127. The third kappa shape index (κ3) is 7.94. The molecule has 0 spiro atoms. The number of nitrogens with one attached hydrogen (secondary N) is 2. The first kappa shape index (κ1) is 23.5. The first-order valence-electron chi connectivity index (χ1n) is 9.18. The van der Waals surface area contributed by atoms with Crippen LogP contribution in [0.1, 0.15) is 39.3 Å². The number of likely N-dealkylation sites (tertiary alicyclic amines) is 1. The molecule has 0 radical (unpaired) electrons. The molecule has 1 saturated heterocycles. The Morgan fingerprint density at radius 2 is 2.00 bits per heavy atom. The number of carbonyl (C=O) groups excluding carboxylic acids is 1. The molecule has 1 aliphatic rings. The molecule has 1 aromatic rings. The van der Waals surface area contributed by atoms with E-state index in [-0.39, 0.29) is 30.1 Å². The average Bonchev–Trinajstić information content (AvgIpc) is 2.99. The van der Waals surface area contributed by atoms with Gasteiger partial charge in [0.25, 0.3) is 0 Å². The Hall–Kier alpha value is -1.52. The van der Waals surface area contributed by atoms with Gasteiger partial charge in [-0.15, -0.1) is 24.0 Å². The molecule has 1 amide bonds. The molecule has 1 aliphatic heterocycles. The SMILES string of the molecule is CN=C(NCc1ccnn1C)NCC1CCN(C(=O)OC(C)(C)C)CC1.I. The number of guanidine groups is 1. The maximum Gasteiger partial charge on any atom is 0.410 e. The summed E-state index contributed by atoms with van der Waals surface area (Å²) < 4.78 is 7.28. The summed E-state index contributed by atoms with van der Waals surface area (Å²) in [6.45, 7) is 8.67. The van der Waals surface area contributed by atoms with Gasteiger partial charge in [-0.25, -0.2) is 4.79 Å². The van der Waals surface area contributed by atoms with Gasteiger partial charge in [-0.2, -0.15) is 5.10 Å². The van der Waals surface area contributed by atoms with Gasteiger partial charge in [0.2, 0.25) is 0 Å². The quantitative estimate of drug-likeness (QED) is 0.383. The number of aromatic nitrogens is 2. The van der Waals surface area contributed by atoms with Crippen molar-refractivity contribution in [2.45, 2.75) is 45.8 Å². The van der Waals surface area contributed by atoms with Gasteiger partial charge in [0.1, 0.15) is 5.60 Å². The molecular formula is C18H33IN6O2. The number of hydrogen-bond donors (Lipinski definition) is 2. The number of aliphatic imine (C=N–C) groups is 1. The first-order valence-corrected chi connectivity index (χ1v) is 9.18. The van der Waals surface area contributed by atoms with Gasteiger partial charge >= 0.3 is 6.09 Å². The summed E-state index contributed by atoms with van der Waals surface area (Å²) in [5.41, 5.74) is 0.653. The fourth-order valence-corrected chi connectivity index (χ4v) is 2.86. The molecule has 8 nitrogen and oxygen atoms in total. The molecule has 0 bridgehead atoms. The zero-order chi connectivity index (χ0) is 19.2. The van der Waals surface area contributed by atoms with E-state index in [1.54, 1.807) is 18.1 Å². The average molecular weight is 492 g/mol. The van der Waals surface area contributed by atoms with Crippen LogP contribution in [0.4, 0.5) is 4.79 Å². The predicted octanol–water partition coefficient (Wildman–Crippen LogP) is 2.35. The minimum absolute atomic E-state index is 0. The molecule has 2 heterocycles. The molecule has 1 fully saturated rings. The van der Waals surface area contributed by atoms with Gasteiger partial charge in [-0.1, -0.05) is 0 Å². The fourth-order valence-electron chi connectivity index (χ4n) is 2.86. The van der Waals surface area contributed by atoms with Crippen LogP contribution in [0.15, 0.2) is 17.3 Å². The number of carbonyl (C=O) groups is 1. The number of hydrogen-bond acceptors (Lipinski definition) is 4.